The van der Waals surface area contributed by atoms with Crippen LogP contribution in [-0.4, -0.2) is 7.11 Å². The van der Waals surface area contributed by atoms with Crippen LogP contribution >= 0.6 is 0 Å². The lowest BCUT2D eigenvalue weighted by Crippen LogP contribution is -2.15. The molecule has 0 aliphatic carbocycles. The summed E-state index contributed by atoms with van der Waals surface area (Å²) in [5, 5.41) is 0. The molecule has 0 amide bonds. The number of unbranched alkanes of at least 4 members (excludes halogenated alkanes) is 1. The largest absolute Gasteiger partial charge is 0.496 e. The smallest absolute Gasteiger partial charge is 0.122 e. The van der Waals surface area contributed by atoms with E-state index in [4.69, 9.17) is 4.74 Å². The fraction of sp³-hybridized carbons (Fsp3) is 0.625. The highest BCUT2D eigenvalue weighted by molar-refractivity contribution is 5.40. The highest BCUT2D eigenvalue weighted by Crippen LogP contribution is 2.31. The Bertz CT molecular complexity index is 353. The van der Waals surface area contributed by atoms with E-state index in [9.17, 15) is 0 Å². The van der Waals surface area contributed by atoms with Gasteiger partial charge in [0.05, 0.1) is 7.11 Å². The molecule has 96 valence electrons. The van der Waals surface area contributed by atoms with Gasteiger partial charge in [0.15, 0.2) is 0 Å². The van der Waals surface area contributed by atoms with Crippen molar-refractivity contribution in [1.29, 1.82) is 0 Å². The summed E-state index contributed by atoms with van der Waals surface area (Å²) >= 11 is 0. The summed E-state index contributed by atoms with van der Waals surface area (Å²) < 4.78 is 5.52. The van der Waals surface area contributed by atoms with Crippen LogP contribution in [0.3, 0.4) is 0 Å². The molecule has 0 spiro atoms. The van der Waals surface area contributed by atoms with E-state index in [1.807, 2.05) is 0 Å². The van der Waals surface area contributed by atoms with Gasteiger partial charge in [0.25, 0.3) is 0 Å². The van der Waals surface area contributed by atoms with Crippen molar-refractivity contribution in [3.8, 4) is 5.75 Å². The predicted octanol–water partition coefficient (Wildman–Crippen LogP) is 4.73. The number of benzene rings is 1. The Balaban J connectivity index is 3.00. The molecule has 0 N–H and O–H groups in total. The molecule has 0 aliphatic heterocycles. The lowest BCUT2D eigenvalue weighted by molar-refractivity contribution is 0.405. The van der Waals surface area contributed by atoms with Crippen LogP contribution in [0.15, 0.2) is 18.2 Å². The molecule has 1 nitrogen and oxygen atoms in total. The van der Waals surface area contributed by atoms with Crippen LogP contribution in [-0.2, 0) is 11.8 Å². The Morgan fingerprint density at radius 2 is 1.88 bits per heavy atom. The molecule has 0 aromatic heterocycles. The zero-order valence-electron chi connectivity index (χ0n) is 12.0. The zero-order chi connectivity index (χ0) is 12.9. The van der Waals surface area contributed by atoms with E-state index in [-0.39, 0.29) is 5.41 Å². The molecule has 0 heterocycles. The fourth-order valence-electron chi connectivity index (χ4n) is 1.94. The second-order valence-electron chi connectivity index (χ2n) is 5.37. The first-order chi connectivity index (χ1) is 8.05. The Kier molecular flexibility index (Phi) is 5.04. The maximum absolute atomic E-state index is 5.52. The van der Waals surface area contributed by atoms with Crippen LogP contribution in [0.4, 0.5) is 0 Å². The Morgan fingerprint density at radius 3 is 2.41 bits per heavy atom. The number of ether oxygens (including phenoxy) is 1. The number of rotatable bonds is 6. The second-order valence-corrected chi connectivity index (χ2v) is 5.37. The Hall–Kier alpha value is -0.980. The molecule has 0 fully saturated rings. The first-order valence-corrected chi connectivity index (χ1v) is 6.72. The molecule has 0 saturated heterocycles. The van der Waals surface area contributed by atoms with Gasteiger partial charge in [-0.05, 0) is 41.9 Å². The third-order valence-electron chi connectivity index (χ3n) is 3.75. The molecule has 1 aromatic rings. The highest BCUT2D eigenvalue weighted by Gasteiger charge is 2.19. The van der Waals surface area contributed by atoms with E-state index in [1.54, 1.807) is 7.11 Å². The van der Waals surface area contributed by atoms with Gasteiger partial charge in [-0.2, -0.15) is 0 Å². The number of hydrogen-bond donors (Lipinski definition) is 0. The van der Waals surface area contributed by atoms with Gasteiger partial charge in [0.1, 0.15) is 5.75 Å². The van der Waals surface area contributed by atoms with Crippen LogP contribution < -0.4 is 4.74 Å². The number of aryl methyl sites for hydroxylation is 1. The lowest BCUT2D eigenvalue weighted by atomic mass is 9.81. The van der Waals surface area contributed by atoms with Gasteiger partial charge in [-0.25, -0.2) is 0 Å². The van der Waals surface area contributed by atoms with E-state index in [0.29, 0.717) is 0 Å². The molecule has 1 aromatic carbocycles. The summed E-state index contributed by atoms with van der Waals surface area (Å²) in [6, 6.07) is 6.72. The molecular weight excluding hydrogens is 208 g/mol. The van der Waals surface area contributed by atoms with Crippen molar-refractivity contribution in [3.05, 3.63) is 29.3 Å². The molecule has 0 radical (unpaired) electrons. The normalized spacial score (nSPS) is 11.6. The van der Waals surface area contributed by atoms with E-state index < -0.39 is 0 Å². The van der Waals surface area contributed by atoms with Gasteiger partial charge in [-0.1, -0.05) is 46.2 Å². The minimum atomic E-state index is 0.233. The second kappa shape index (κ2) is 6.09. The van der Waals surface area contributed by atoms with Crippen molar-refractivity contribution < 1.29 is 4.74 Å². The third-order valence-corrected chi connectivity index (χ3v) is 3.75. The van der Waals surface area contributed by atoms with Gasteiger partial charge < -0.3 is 4.74 Å². The summed E-state index contributed by atoms with van der Waals surface area (Å²) in [4.78, 5) is 0. The summed E-state index contributed by atoms with van der Waals surface area (Å²) in [5.41, 5.74) is 2.94. The van der Waals surface area contributed by atoms with Crippen LogP contribution in [0.25, 0.3) is 0 Å². The van der Waals surface area contributed by atoms with Crippen molar-refractivity contribution in [2.24, 2.45) is 0 Å². The maximum Gasteiger partial charge on any atom is 0.122 e. The predicted molar refractivity (Wildman–Crippen MR) is 74.9 cm³/mol. The zero-order valence-corrected chi connectivity index (χ0v) is 12.0. The highest BCUT2D eigenvalue weighted by atomic mass is 16.5. The molecule has 0 aliphatic rings. The summed E-state index contributed by atoms with van der Waals surface area (Å²) in [5.74, 6) is 1.05. The molecule has 1 heteroatoms. The summed E-state index contributed by atoms with van der Waals surface area (Å²) in [6.07, 6.45) is 4.72. The van der Waals surface area contributed by atoms with Gasteiger partial charge >= 0.3 is 0 Å². The molecular formula is C16H26O. The molecule has 0 atom stereocenters. The van der Waals surface area contributed by atoms with Crippen LogP contribution in [0, 0.1) is 0 Å². The minimum absolute atomic E-state index is 0.233. The standard InChI is InChI=1S/C16H26O/c1-6-8-9-13-10-11-14(12-15(13)17-5)16(3,4)7-2/h10-12H,6-9H2,1-5H3. The average Bonchev–Trinajstić information content (AvgIpc) is 2.35. The third kappa shape index (κ3) is 3.49. The quantitative estimate of drug-likeness (QED) is 0.691. The fourth-order valence-corrected chi connectivity index (χ4v) is 1.94. The van der Waals surface area contributed by atoms with Gasteiger partial charge in [0.2, 0.25) is 0 Å². The van der Waals surface area contributed by atoms with E-state index in [2.05, 4.69) is 45.9 Å². The van der Waals surface area contributed by atoms with Crippen molar-refractivity contribution in [3.63, 3.8) is 0 Å². The molecule has 0 bridgehead atoms. The summed E-state index contributed by atoms with van der Waals surface area (Å²) in [7, 11) is 1.77. The molecule has 0 saturated carbocycles. The topological polar surface area (TPSA) is 9.23 Å². The van der Waals surface area contributed by atoms with Crippen molar-refractivity contribution in [2.75, 3.05) is 7.11 Å². The van der Waals surface area contributed by atoms with Crippen molar-refractivity contribution >= 4 is 0 Å². The SMILES string of the molecule is CCCCc1ccc(C(C)(C)CC)cc1OC. The molecule has 1 rings (SSSR count). The first-order valence-electron chi connectivity index (χ1n) is 6.72. The molecule has 0 unspecified atom stereocenters. The summed E-state index contributed by atoms with van der Waals surface area (Å²) in [6.45, 7) is 9.03. The minimum Gasteiger partial charge on any atom is -0.496 e. The first kappa shape index (κ1) is 14.1. The van der Waals surface area contributed by atoms with Gasteiger partial charge in [0, 0.05) is 0 Å². The van der Waals surface area contributed by atoms with Crippen molar-refractivity contribution in [1.82, 2.24) is 0 Å². The van der Waals surface area contributed by atoms with Crippen molar-refractivity contribution in [2.45, 2.75) is 58.8 Å². The van der Waals surface area contributed by atoms with Crippen LogP contribution in [0.5, 0.6) is 5.75 Å². The van der Waals surface area contributed by atoms with Gasteiger partial charge in [-0.3, -0.25) is 0 Å². The monoisotopic (exact) mass is 234 g/mol. The Labute approximate surface area is 106 Å². The Morgan fingerprint density at radius 1 is 1.18 bits per heavy atom. The molecule has 17 heavy (non-hydrogen) atoms. The number of methoxy groups -OCH3 is 1. The van der Waals surface area contributed by atoms with E-state index >= 15 is 0 Å². The van der Waals surface area contributed by atoms with E-state index in [1.165, 1.54) is 24.0 Å². The lowest BCUT2D eigenvalue weighted by Gasteiger charge is -2.24. The van der Waals surface area contributed by atoms with Crippen LogP contribution in [0.1, 0.15) is 58.1 Å². The number of hydrogen-bond acceptors (Lipinski definition) is 1. The van der Waals surface area contributed by atoms with Crippen LogP contribution in [0.2, 0.25) is 0 Å². The van der Waals surface area contributed by atoms with Gasteiger partial charge in [-0.15, -0.1) is 0 Å². The van der Waals surface area contributed by atoms with E-state index in [0.717, 1.165) is 18.6 Å². The maximum atomic E-state index is 5.52. The average molecular weight is 234 g/mol.